The molecule has 2 fully saturated rings. The summed E-state index contributed by atoms with van der Waals surface area (Å²) in [6, 6.07) is 7.33. The number of benzene rings is 1. The Morgan fingerprint density at radius 2 is 1.92 bits per heavy atom. The Balaban J connectivity index is 1.17. The average Bonchev–Trinajstić information content (AvgIpc) is 2.92. The number of aryl methyl sites for hydroxylation is 1. The van der Waals surface area contributed by atoms with E-state index in [0.717, 1.165) is 64.1 Å². The standard InChI is InChI=1S/C31H41N3O4/c1-5-7-24-16-30(32-18-23(24)4)34-19-28(20-34)38-26-10-12-33(13-11-26)14-15-37-27-9-8-25(21-35)29(17-27)31(36)22(3)6-2/h5,7-9,16-18,21-22,26,28H,6,10-15,19-20H2,1-4H3/b7-5-. The van der Waals surface area contributed by atoms with Crippen LogP contribution in [0, 0.1) is 12.8 Å². The lowest BCUT2D eigenvalue weighted by atomic mass is 9.94. The molecule has 38 heavy (non-hydrogen) atoms. The molecule has 0 N–H and O–H groups in total. The summed E-state index contributed by atoms with van der Waals surface area (Å²) in [5.74, 6) is 1.53. The number of rotatable bonds is 12. The van der Waals surface area contributed by atoms with E-state index in [2.05, 4.69) is 39.9 Å². The van der Waals surface area contributed by atoms with Crippen LogP contribution in [0.5, 0.6) is 5.75 Å². The maximum Gasteiger partial charge on any atom is 0.166 e. The first-order valence-electron chi connectivity index (χ1n) is 13.9. The summed E-state index contributed by atoms with van der Waals surface area (Å²) in [4.78, 5) is 33.3. The zero-order valence-corrected chi connectivity index (χ0v) is 23.2. The molecule has 0 amide bonds. The normalized spacial score (nSPS) is 17.9. The first-order valence-corrected chi connectivity index (χ1v) is 13.9. The molecule has 7 heteroatoms. The molecular formula is C31H41N3O4. The minimum Gasteiger partial charge on any atom is -0.492 e. The smallest absolute Gasteiger partial charge is 0.166 e. The largest absolute Gasteiger partial charge is 0.492 e. The molecule has 0 aliphatic carbocycles. The van der Waals surface area contributed by atoms with Crippen molar-refractivity contribution in [1.29, 1.82) is 0 Å². The van der Waals surface area contributed by atoms with Gasteiger partial charge in [-0.2, -0.15) is 0 Å². The zero-order chi connectivity index (χ0) is 27.1. The summed E-state index contributed by atoms with van der Waals surface area (Å²) < 4.78 is 12.3. The van der Waals surface area contributed by atoms with E-state index in [1.165, 1.54) is 11.1 Å². The van der Waals surface area contributed by atoms with Crippen molar-refractivity contribution in [1.82, 2.24) is 9.88 Å². The van der Waals surface area contributed by atoms with Crippen LogP contribution < -0.4 is 9.64 Å². The molecule has 2 aromatic rings. The van der Waals surface area contributed by atoms with Gasteiger partial charge in [-0.1, -0.05) is 26.0 Å². The molecule has 0 radical (unpaired) electrons. The maximum absolute atomic E-state index is 12.7. The van der Waals surface area contributed by atoms with Crippen molar-refractivity contribution in [2.24, 2.45) is 5.92 Å². The topological polar surface area (TPSA) is 72.0 Å². The predicted molar refractivity (Wildman–Crippen MR) is 151 cm³/mol. The zero-order valence-electron chi connectivity index (χ0n) is 23.2. The molecule has 0 bridgehead atoms. The van der Waals surface area contributed by atoms with E-state index in [4.69, 9.17) is 9.47 Å². The number of allylic oxidation sites excluding steroid dienone is 1. The van der Waals surface area contributed by atoms with Crippen LogP contribution >= 0.6 is 0 Å². The van der Waals surface area contributed by atoms with Gasteiger partial charge in [0.2, 0.25) is 0 Å². The van der Waals surface area contributed by atoms with E-state index in [-0.39, 0.29) is 17.8 Å². The first kappa shape index (κ1) is 28.0. The number of aromatic nitrogens is 1. The Hall–Kier alpha value is -3.03. The number of piperidine rings is 1. The number of nitrogens with zero attached hydrogens (tertiary/aromatic N) is 3. The van der Waals surface area contributed by atoms with Crippen LogP contribution in [-0.4, -0.2) is 73.5 Å². The third kappa shape index (κ3) is 6.88. The van der Waals surface area contributed by atoms with Crippen LogP contribution in [0.4, 0.5) is 5.82 Å². The summed E-state index contributed by atoms with van der Waals surface area (Å²) in [6.45, 7) is 13.1. The summed E-state index contributed by atoms with van der Waals surface area (Å²) in [5, 5.41) is 0. The number of likely N-dealkylation sites (tertiary alicyclic amines) is 1. The highest BCUT2D eigenvalue weighted by Gasteiger charge is 2.32. The minimum absolute atomic E-state index is 0.00904. The lowest BCUT2D eigenvalue weighted by Crippen LogP contribution is -2.54. The molecule has 1 unspecified atom stereocenters. The number of Topliss-reactive ketones (excluding diaryl/α,β-unsaturated/α-hetero) is 1. The van der Waals surface area contributed by atoms with Gasteiger partial charge in [0.25, 0.3) is 0 Å². The Bertz CT molecular complexity index is 1130. The minimum atomic E-state index is -0.120. The number of ketones is 1. The Labute approximate surface area is 226 Å². The lowest BCUT2D eigenvalue weighted by Gasteiger charge is -2.43. The van der Waals surface area contributed by atoms with Crippen LogP contribution in [0.2, 0.25) is 0 Å². The molecule has 1 aromatic carbocycles. The van der Waals surface area contributed by atoms with Crippen LogP contribution in [0.25, 0.3) is 6.08 Å². The summed E-state index contributed by atoms with van der Waals surface area (Å²) >= 11 is 0. The second-order valence-electron chi connectivity index (χ2n) is 10.5. The van der Waals surface area contributed by atoms with Crippen LogP contribution in [0.15, 0.2) is 36.5 Å². The highest BCUT2D eigenvalue weighted by atomic mass is 16.5. The van der Waals surface area contributed by atoms with E-state index >= 15 is 0 Å². The van der Waals surface area contributed by atoms with E-state index in [9.17, 15) is 9.59 Å². The van der Waals surface area contributed by atoms with E-state index in [1.54, 1.807) is 18.2 Å². The first-order chi connectivity index (χ1) is 18.4. The fourth-order valence-electron chi connectivity index (χ4n) is 5.00. The van der Waals surface area contributed by atoms with Crippen LogP contribution in [-0.2, 0) is 4.74 Å². The summed E-state index contributed by atoms with van der Waals surface area (Å²) in [5.41, 5.74) is 3.29. The van der Waals surface area contributed by atoms with Crippen LogP contribution in [0.1, 0.15) is 71.9 Å². The Morgan fingerprint density at radius 1 is 1.16 bits per heavy atom. The van der Waals surface area contributed by atoms with Gasteiger partial charge in [-0.3, -0.25) is 14.5 Å². The number of hydrogen-bond acceptors (Lipinski definition) is 7. The fourth-order valence-corrected chi connectivity index (χ4v) is 5.00. The van der Waals surface area contributed by atoms with Crippen molar-refractivity contribution in [3.8, 4) is 5.75 Å². The molecule has 0 spiro atoms. The Kier molecular flexibility index (Phi) is 9.69. The van der Waals surface area contributed by atoms with Crippen molar-refractivity contribution < 1.29 is 19.1 Å². The second-order valence-corrected chi connectivity index (χ2v) is 10.5. The number of aldehydes is 1. The number of carbonyl (C=O) groups is 2. The molecular weight excluding hydrogens is 478 g/mol. The third-order valence-corrected chi connectivity index (χ3v) is 7.72. The van der Waals surface area contributed by atoms with Crippen molar-refractivity contribution in [2.45, 2.75) is 59.2 Å². The molecule has 2 aliphatic rings. The van der Waals surface area contributed by atoms with Gasteiger partial charge in [0.05, 0.1) is 12.2 Å². The van der Waals surface area contributed by atoms with Gasteiger partial charge in [0.15, 0.2) is 12.1 Å². The predicted octanol–water partition coefficient (Wildman–Crippen LogP) is 5.21. The van der Waals surface area contributed by atoms with Crippen LogP contribution in [0.3, 0.4) is 0 Å². The number of pyridine rings is 1. The van der Waals surface area contributed by atoms with Gasteiger partial charge >= 0.3 is 0 Å². The molecule has 2 aliphatic heterocycles. The number of anilines is 1. The summed E-state index contributed by atoms with van der Waals surface area (Å²) in [7, 11) is 0. The van der Waals surface area contributed by atoms with Gasteiger partial charge < -0.3 is 14.4 Å². The van der Waals surface area contributed by atoms with Gasteiger partial charge in [0, 0.05) is 56.0 Å². The van der Waals surface area contributed by atoms with Crippen molar-refractivity contribution in [3.05, 3.63) is 58.8 Å². The molecule has 2 saturated heterocycles. The molecule has 7 nitrogen and oxygen atoms in total. The van der Waals surface area contributed by atoms with Crippen molar-refractivity contribution >= 4 is 24.0 Å². The van der Waals surface area contributed by atoms with Gasteiger partial charge in [0.1, 0.15) is 18.2 Å². The highest BCUT2D eigenvalue weighted by Crippen LogP contribution is 2.26. The lowest BCUT2D eigenvalue weighted by molar-refractivity contribution is -0.0536. The van der Waals surface area contributed by atoms with Gasteiger partial charge in [-0.05, 0) is 68.5 Å². The molecule has 1 atom stereocenters. The highest BCUT2D eigenvalue weighted by molar-refractivity contribution is 6.04. The van der Waals surface area contributed by atoms with Crippen molar-refractivity contribution in [3.63, 3.8) is 0 Å². The number of carbonyl (C=O) groups excluding carboxylic acids is 2. The molecule has 1 aromatic heterocycles. The van der Waals surface area contributed by atoms with Gasteiger partial charge in [-0.25, -0.2) is 4.98 Å². The average molecular weight is 520 g/mol. The van der Waals surface area contributed by atoms with Crippen molar-refractivity contribution in [2.75, 3.05) is 44.2 Å². The maximum atomic E-state index is 12.7. The summed E-state index contributed by atoms with van der Waals surface area (Å²) in [6.07, 6.45) is 10.2. The molecule has 204 valence electrons. The molecule has 0 saturated carbocycles. The monoisotopic (exact) mass is 519 g/mol. The number of hydrogen-bond donors (Lipinski definition) is 0. The van der Waals surface area contributed by atoms with E-state index in [0.29, 0.717) is 29.6 Å². The van der Waals surface area contributed by atoms with Gasteiger partial charge in [-0.15, -0.1) is 0 Å². The molecule has 4 rings (SSSR count). The third-order valence-electron chi connectivity index (χ3n) is 7.72. The molecule has 3 heterocycles. The SMILES string of the molecule is C/C=C\c1cc(N2CC(OC3CCN(CCOc4ccc(C=O)c(C(=O)C(C)CC)c4)CC3)C2)ncc1C. The quantitative estimate of drug-likeness (QED) is 0.281. The van der Waals surface area contributed by atoms with E-state index < -0.39 is 0 Å². The second kappa shape index (κ2) is 13.2. The fraction of sp³-hybridized carbons (Fsp3) is 0.516. The number of ether oxygens (including phenoxy) is 2. The van der Waals surface area contributed by atoms with E-state index in [1.807, 2.05) is 27.0 Å². The Morgan fingerprint density at radius 3 is 2.61 bits per heavy atom.